The first-order valence-electron chi connectivity index (χ1n) is 6.69. The Bertz CT molecular complexity index is 437. The van der Waals surface area contributed by atoms with E-state index in [1.54, 1.807) is 0 Å². The smallest absolute Gasteiger partial charge is 0.331 e. The quantitative estimate of drug-likeness (QED) is 0.808. The van der Waals surface area contributed by atoms with Gasteiger partial charge in [-0.15, -0.1) is 0 Å². The highest BCUT2D eigenvalue weighted by Gasteiger charge is 2.54. The van der Waals surface area contributed by atoms with E-state index in [0.717, 1.165) is 31.2 Å². The summed E-state index contributed by atoms with van der Waals surface area (Å²) in [5.74, 6) is 0.246. The summed E-state index contributed by atoms with van der Waals surface area (Å²) in [6, 6.07) is 10.5. The van der Waals surface area contributed by atoms with Gasteiger partial charge in [0.05, 0.1) is 7.11 Å². The fourth-order valence-electron chi connectivity index (χ4n) is 2.71. The van der Waals surface area contributed by atoms with E-state index in [0.29, 0.717) is 12.0 Å². The summed E-state index contributed by atoms with van der Waals surface area (Å²) < 4.78 is 5.10. The molecule has 96 valence electrons. The molecule has 1 aromatic carbocycles. The lowest BCUT2D eigenvalue weighted by molar-refractivity contribution is -0.150. The van der Waals surface area contributed by atoms with E-state index in [2.05, 4.69) is 5.32 Å². The highest BCUT2D eigenvalue weighted by atomic mass is 16.5. The molecule has 1 aromatic rings. The highest BCUT2D eigenvalue weighted by Crippen LogP contribution is 2.48. The second-order valence-electron chi connectivity index (χ2n) is 5.36. The number of carbonyl (C=O) groups excluding carboxylic acids is 1. The Hall–Kier alpha value is -1.35. The van der Waals surface area contributed by atoms with Gasteiger partial charge in [-0.3, -0.25) is 5.32 Å². The molecule has 18 heavy (non-hydrogen) atoms. The van der Waals surface area contributed by atoms with Gasteiger partial charge in [0.15, 0.2) is 0 Å². The van der Waals surface area contributed by atoms with Crippen molar-refractivity contribution < 1.29 is 9.53 Å². The molecule has 2 aliphatic rings. The van der Waals surface area contributed by atoms with E-state index in [-0.39, 0.29) is 5.97 Å². The number of hydrogen-bond donors (Lipinski definition) is 1. The molecule has 1 N–H and O–H groups in total. The van der Waals surface area contributed by atoms with Crippen molar-refractivity contribution in [3.8, 4) is 0 Å². The molecule has 3 rings (SSSR count). The maximum absolute atomic E-state index is 12.4. The zero-order valence-electron chi connectivity index (χ0n) is 10.7. The number of hydrogen-bond acceptors (Lipinski definition) is 3. The van der Waals surface area contributed by atoms with E-state index in [4.69, 9.17) is 4.74 Å². The van der Waals surface area contributed by atoms with Crippen molar-refractivity contribution in [2.75, 3.05) is 7.11 Å². The van der Waals surface area contributed by atoms with Gasteiger partial charge >= 0.3 is 5.97 Å². The lowest BCUT2D eigenvalue weighted by Gasteiger charge is -2.33. The molecular formula is C15H19NO2. The van der Waals surface area contributed by atoms with Crippen LogP contribution in [0.1, 0.15) is 31.2 Å². The predicted molar refractivity (Wildman–Crippen MR) is 69.0 cm³/mol. The number of nitrogens with one attached hydrogen (secondary N) is 1. The third-order valence-electron chi connectivity index (χ3n) is 3.94. The molecule has 0 bridgehead atoms. The minimum atomic E-state index is -0.614. The lowest BCUT2D eigenvalue weighted by atomic mass is 9.84. The van der Waals surface area contributed by atoms with Crippen molar-refractivity contribution in [2.24, 2.45) is 5.92 Å². The molecule has 2 saturated carbocycles. The highest BCUT2D eigenvalue weighted by molar-refractivity contribution is 5.83. The Kier molecular flexibility index (Phi) is 2.86. The van der Waals surface area contributed by atoms with Crippen molar-refractivity contribution in [1.82, 2.24) is 5.32 Å². The lowest BCUT2D eigenvalue weighted by Crippen LogP contribution is -2.52. The summed E-state index contributed by atoms with van der Waals surface area (Å²) in [4.78, 5) is 12.4. The van der Waals surface area contributed by atoms with Gasteiger partial charge < -0.3 is 4.74 Å². The van der Waals surface area contributed by atoms with Crippen LogP contribution in [0.2, 0.25) is 0 Å². The van der Waals surface area contributed by atoms with Gasteiger partial charge in [-0.05, 0) is 37.2 Å². The van der Waals surface area contributed by atoms with Gasteiger partial charge in [0.2, 0.25) is 0 Å². The molecule has 0 aromatic heterocycles. The molecular weight excluding hydrogens is 226 g/mol. The minimum Gasteiger partial charge on any atom is -0.467 e. The van der Waals surface area contributed by atoms with Gasteiger partial charge in [-0.2, -0.15) is 0 Å². The molecule has 0 aliphatic heterocycles. The molecule has 2 fully saturated rings. The summed E-state index contributed by atoms with van der Waals surface area (Å²) in [5, 5.41) is 3.56. The van der Waals surface area contributed by atoms with Gasteiger partial charge in [-0.25, -0.2) is 4.79 Å². The molecule has 1 unspecified atom stereocenters. The Morgan fingerprint density at radius 1 is 1.22 bits per heavy atom. The van der Waals surface area contributed by atoms with Gasteiger partial charge in [0.1, 0.15) is 5.54 Å². The molecule has 3 nitrogen and oxygen atoms in total. The van der Waals surface area contributed by atoms with E-state index in [1.807, 2.05) is 30.3 Å². The van der Waals surface area contributed by atoms with Crippen molar-refractivity contribution in [1.29, 1.82) is 0 Å². The van der Waals surface area contributed by atoms with Crippen molar-refractivity contribution in [3.63, 3.8) is 0 Å². The topological polar surface area (TPSA) is 38.3 Å². The second kappa shape index (κ2) is 4.39. The fraction of sp³-hybridized carbons (Fsp3) is 0.533. The van der Waals surface area contributed by atoms with Crippen LogP contribution < -0.4 is 5.32 Å². The number of ether oxygens (including phenoxy) is 1. The normalized spacial score (nSPS) is 22.3. The third kappa shape index (κ3) is 1.93. The maximum Gasteiger partial charge on any atom is 0.331 e. The first-order chi connectivity index (χ1) is 8.77. The van der Waals surface area contributed by atoms with Gasteiger partial charge in [0, 0.05) is 6.04 Å². The molecule has 0 spiro atoms. The standard InChI is InChI=1S/C15H19NO2/c1-18-14(17)15(12-7-8-12,16-13-9-10-13)11-5-3-2-4-6-11/h2-6,12-13,16H,7-10H2,1H3. The minimum absolute atomic E-state index is 0.136. The maximum atomic E-state index is 12.4. The zero-order valence-corrected chi connectivity index (χ0v) is 10.7. The summed E-state index contributed by atoms with van der Waals surface area (Å²) in [6.07, 6.45) is 4.53. The molecule has 0 heterocycles. The van der Waals surface area contributed by atoms with Crippen molar-refractivity contribution >= 4 is 5.97 Å². The number of methoxy groups -OCH3 is 1. The number of rotatable bonds is 5. The summed E-state index contributed by atoms with van der Waals surface area (Å²) in [7, 11) is 1.48. The first kappa shape index (κ1) is 11.7. The van der Waals surface area contributed by atoms with Crippen LogP contribution in [-0.2, 0) is 15.1 Å². The van der Waals surface area contributed by atoms with Gasteiger partial charge in [0.25, 0.3) is 0 Å². The van der Waals surface area contributed by atoms with E-state index in [1.165, 1.54) is 7.11 Å². The zero-order chi connectivity index (χ0) is 12.6. The molecule has 0 amide bonds. The average Bonchev–Trinajstić information content (AvgIpc) is 3.29. The second-order valence-corrected chi connectivity index (χ2v) is 5.36. The van der Waals surface area contributed by atoms with E-state index >= 15 is 0 Å². The first-order valence-corrected chi connectivity index (χ1v) is 6.69. The van der Waals surface area contributed by atoms with Crippen LogP contribution in [0.15, 0.2) is 30.3 Å². The monoisotopic (exact) mass is 245 g/mol. The summed E-state index contributed by atoms with van der Waals surface area (Å²) in [6.45, 7) is 0. The Labute approximate surface area is 108 Å². The Balaban J connectivity index is 2.01. The number of benzene rings is 1. The van der Waals surface area contributed by atoms with Crippen LogP contribution in [0.3, 0.4) is 0 Å². The summed E-state index contributed by atoms with van der Waals surface area (Å²) in [5.41, 5.74) is 0.434. The van der Waals surface area contributed by atoms with Crippen LogP contribution >= 0.6 is 0 Å². The van der Waals surface area contributed by atoms with Crippen LogP contribution in [0.25, 0.3) is 0 Å². The molecule has 0 saturated heterocycles. The van der Waals surface area contributed by atoms with Crippen LogP contribution in [0.5, 0.6) is 0 Å². The largest absolute Gasteiger partial charge is 0.467 e. The number of carbonyl (C=O) groups is 1. The molecule has 1 atom stereocenters. The fourth-order valence-corrected chi connectivity index (χ4v) is 2.71. The van der Waals surface area contributed by atoms with Crippen LogP contribution in [0, 0.1) is 5.92 Å². The summed E-state index contributed by atoms with van der Waals surface area (Å²) >= 11 is 0. The Morgan fingerprint density at radius 2 is 1.89 bits per heavy atom. The molecule has 2 aliphatic carbocycles. The van der Waals surface area contributed by atoms with Crippen LogP contribution in [0.4, 0.5) is 0 Å². The van der Waals surface area contributed by atoms with Crippen molar-refractivity contribution in [3.05, 3.63) is 35.9 Å². The molecule has 3 heteroatoms. The van der Waals surface area contributed by atoms with Gasteiger partial charge in [-0.1, -0.05) is 30.3 Å². The van der Waals surface area contributed by atoms with E-state index < -0.39 is 5.54 Å². The Morgan fingerprint density at radius 3 is 2.39 bits per heavy atom. The predicted octanol–water partition coefficient (Wildman–Crippen LogP) is 2.22. The number of esters is 1. The van der Waals surface area contributed by atoms with E-state index in [9.17, 15) is 4.79 Å². The molecule has 0 radical (unpaired) electrons. The third-order valence-corrected chi connectivity index (χ3v) is 3.94. The average molecular weight is 245 g/mol. The van der Waals surface area contributed by atoms with Crippen molar-refractivity contribution in [2.45, 2.75) is 37.3 Å². The SMILES string of the molecule is COC(=O)C(NC1CC1)(c1ccccc1)C1CC1. The van der Waals surface area contributed by atoms with Crippen LogP contribution in [-0.4, -0.2) is 19.1 Å².